The minimum absolute atomic E-state index is 0.0185. The Balaban J connectivity index is 1.29. The second kappa shape index (κ2) is 13.3. The van der Waals surface area contributed by atoms with Gasteiger partial charge in [0.05, 0.1) is 33.8 Å². The second-order valence-corrected chi connectivity index (χ2v) is 12.8. The lowest BCUT2D eigenvalue weighted by molar-refractivity contribution is -0.172. The standard InChI is InChI=1S/C37H39N5O8/c1-22(2)32(44)40-35-39-31-28(33(45)41-35)38-21-42(31)34-29-30(43)36(50-34,18-19-48-29)20-49-37(23-8-6-5-7-9-23,24-10-14-26(46-3)15-11-24)25-12-16-27(47-4)17-13-25/h5-17,21-22,29-30,34,43H,18-20H2,1-4H3,(H2,39,40,41,44,45)/t29-,30+,34-,36-/m1/s1. The van der Waals surface area contributed by atoms with Crippen LogP contribution in [-0.4, -0.2) is 75.8 Å². The van der Waals surface area contributed by atoms with E-state index in [-0.39, 0.29) is 35.5 Å². The number of carbonyl (C=O) groups excluding carboxylic acids is 1. The molecule has 260 valence electrons. The number of methoxy groups -OCH3 is 2. The lowest BCUT2D eigenvalue weighted by Gasteiger charge is -2.41. The molecule has 7 rings (SSSR count). The molecule has 2 aliphatic heterocycles. The van der Waals surface area contributed by atoms with Gasteiger partial charge in [0.1, 0.15) is 34.9 Å². The molecule has 50 heavy (non-hydrogen) atoms. The second-order valence-electron chi connectivity index (χ2n) is 12.8. The molecule has 4 heterocycles. The van der Waals surface area contributed by atoms with Gasteiger partial charge in [0.25, 0.3) is 5.56 Å². The van der Waals surface area contributed by atoms with E-state index in [1.807, 2.05) is 78.9 Å². The normalized spacial score (nSPS) is 21.8. The fourth-order valence-electron chi connectivity index (χ4n) is 6.72. The van der Waals surface area contributed by atoms with Crippen molar-refractivity contribution in [2.24, 2.45) is 5.92 Å². The van der Waals surface area contributed by atoms with E-state index in [9.17, 15) is 14.7 Å². The van der Waals surface area contributed by atoms with Gasteiger partial charge in [0.15, 0.2) is 17.4 Å². The molecule has 3 N–H and O–H groups in total. The molecule has 13 heteroatoms. The van der Waals surface area contributed by atoms with Crippen LogP contribution in [0.25, 0.3) is 11.2 Å². The molecule has 0 radical (unpaired) electrons. The zero-order valence-corrected chi connectivity index (χ0v) is 28.2. The third kappa shape index (κ3) is 5.71. The highest BCUT2D eigenvalue weighted by atomic mass is 16.6. The molecule has 5 aromatic rings. The van der Waals surface area contributed by atoms with Crippen LogP contribution in [0.1, 0.15) is 43.2 Å². The summed E-state index contributed by atoms with van der Waals surface area (Å²) in [7, 11) is 3.24. The number of carbonyl (C=O) groups is 1. The summed E-state index contributed by atoms with van der Waals surface area (Å²) < 4.78 is 32.5. The van der Waals surface area contributed by atoms with E-state index in [1.165, 1.54) is 6.33 Å². The first-order chi connectivity index (χ1) is 24.2. The van der Waals surface area contributed by atoms with Gasteiger partial charge < -0.3 is 28.8 Å². The van der Waals surface area contributed by atoms with Crippen LogP contribution in [0.5, 0.6) is 11.5 Å². The van der Waals surface area contributed by atoms with Gasteiger partial charge in [-0.2, -0.15) is 4.98 Å². The molecule has 2 aliphatic rings. The van der Waals surface area contributed by atoms with E-state index in [0.717, 1.165) is 16.7 Å². The van der Waals surface area contributed by atoms with Crippen molar-refractivity contribution >= 4 is 23.0 Å². The predicted molar refractivity (Wildman–Crippen MR) is 183 cm³/mol. The van der Waals surface area contributed by atoms with Gasteiger partial charge in [-0.3, -0.25) is 24.5 Å². The van der Waals surface area contributed by atoms with Crippen molar-refractivity contribution in [3.8, 4) is 11.5 Å². The zero-order valence-electron chi connectivity index (χ0n) is 28.2. The Kier molecular flexibility index (Phi) is 8.91. The Morgan fingerprint density at radius 1 is 1.02 bits per heavy atom. The minimum atomic E-state index is -1.21. The van der Waals surface area contributed by atoms with Crippen molar-refractivity contribution in [1.29, 1.82) is 0 Å². The van der Waals surface area contributed by atoms with Gasteiger partial charge >= 0.3 is 0 Å². The van der Waals surface area contributed by atoms with E-state index in [2.05, 4.69) is 20.3 Å². The van der Waals surface area contributed by atoms with Gasteiger partial charge in [0, 0.05) is 12.3 Å². The van der Waals surface area contributed by atoms with Crippen molar-refractivity contribution in [3.05, 3.63) is 112 Å². The van der Waals surface area contributed by atoms with Crippen LogP contribution in [0.4, 0.5) is 5.95 Å². The van der Waals surface area contributed by atoms with Crippen molar-refractivity contribution in [2.45, 2.75) is 49.9 Å². The van der Waals surface area contributed by atoms with Gasteiger partial charge in [-0.05, 0) is 41.0 Å². The molecule has 2 saturated heterocycles. The number of hydrogen-bond donors (Lipinski definition) is 3. The summed E-state index contributed by atoms with van der Waals surface area (Å²) in [5.41, 5.74) is -0.133. The number of rotatable bonds is 11. The van der Waals surface area contributed by atoms with Crippen molar-refractivity contribution in [2.75, 3.05) is 32.8 Å². The Hall–Kier alpha value is -5.08. The van der Waals surface area contributed by atoms with Crippen molar-refractivity contribution in [1.82, 2.24) is 19.5 Å². The number of aromatic amines is 1. The number of H-pyrrole nitrogens is 1. The number of hydrogen-bond acceptors (Lipinski definition) is 10. The summed E-state index contributed by atoms with van der Waals surface area (Å²) in [6.07, 6.45) is -1.08. The Bertz CT molecular complexity index is 1980. The molecule has 3 aromatic carbocycles. The van der Waals surface area contributed by atoms with Crippen LogP contribution in [0.15, 0.2) is 90.0 Å². The number of nitrogens with one attached hydrogen (secondary N) is 2. The van der Waals surface area contributed by atoms with Gasteiger partial charge in [-0.15, -0.1) is 0 Å². The SMILES string of the molecule is COc1ccc(C(OC[C@@]23CCO[C@@H]([C@H](n4cnc5c(=O)[nH]c(NC(=O)C(C)C)nc54)O2)[C@@H]3O)(c2ccccc2)c2ccc(OC)cc2)cc1. The molecular weight excluding hydrogens is 642 g/mol. The van der Waals surface area contributed by atoms with Gasteiger partial charge in [0.2, 0.25) is 11.9 Å². The maximum Gasteiger partial charge on any atom is 0.280 e. The van der Waals surface area contributed by atoms with Crippen LogP contribution < -0.4 is 20.3 Å². The average molecular weight is 682 g/mol. The van der Waals surface area contributed by atoms with Crippen LogP contribution in [0.2, 0.25) is 0 Å². The highest BCUT2D eigenvalue weighted by molar-refractivity contribution is 5.91. The number of anilines is 1. The molecule has 2 bridgehead atoms. The molecular formula is C37H39N5O8. The molecule has 0 aliphatic carbocycles. The lowest BCUT2D eigenvalue weighted by atomic mass is 9.79. The number of benzene rings is 3. The van der Waals surface area contributed by atoms with Crippen LogP contribution in [-0.2, 0) is 24.6 Å². The third-order valence-electron chi connectivity index (χ3n) is 9.50. The quantitative estimate of drug-likeness (QED) is 0.173. The number of aliphatic hydroxyl groups is 1. The smallest absolute Gasteiger partial charge is 0.280 e. The van der Waals surface area contributed by atoms with E-state index < -0.39 is 35.2 Å². The lowest BCUT2D eigenvalue weighted by Crippen LogP contribution is -2.53. The first kappa shape index (κ1) is 33.4. The van der Waals surface area contributed by atoms with E-state index in [1.54, 1.807) is 32.6 Å². The first-order valence-corrected chi connectivity index (χ1v) is 16.4. The largest absolute Gasteiger partial charge is 0.497 e. The highest BCUT2D eigenvalue weighted by Crippen LogP contribution is 2.48. The minimum Gasteiger partial charge on any atom is -0.497 e. The number of ether oxygens (including phenoxy) is 5. The zero-order chi connectivity index (χ0) is 35.0. The Morgan fingerprint density at radius 2 is 1.64 bits per heavy atom. The summed E-state index contributed by atoms with van der Waals surface area (Å²) in [4.78, 5) is 36.7. The summed E-state index contributed by atoms with van der Waals surface area (Å²) in [5, 5.41) is 14.5. The maximum atomic E-state index is 13.0. The van der Waals surface area contributed by atoms with Crippen LogP contribution in [0.3, 0.4) is 0 Å². The fourth-order valence-corrected chi connectivity index (χ4v) is 6.72. The van der Waals surface area contributed by atoms with Gasteiger partial charge in [-0.1, -0.05) is 68.4 Å². The number of nitrogens with zero attached hydrogens (tertiary/aromatic N) is 3. The Labute approximate surface area is 288 Å². The summed E-state index contributed by atoms with van der Waals surface area (Å²) in [5.74, 6) is 0.730. The van der Waals surface area contributed by atoms with Crippen molar-refractivity contribution in [3.63, 3.8) is 0 Å². The molecule has 13 nitrogen and oxygen atoms in total. The molecule has 0 unspecified atom stereocenters. The average Bonchev–Trinajstić information content (AvgIpc) is 3.61. The topological polar surface area (TPSA) is 159 Å². The molecule has 0 spiro atoms. The number of aliphatic hydroxyl groups excluding tert-OH is 1. The summed E-state index contributed by atoms with van der Waals surface area (Å²) in [6, 6.07) is 25.3. The summed E-state index contributed by atoms with van der Waals surface area (Å²) >= 11 is 0. The first-order valence-electron chi connectivity index (χ1n) is 16.4. The Morgan fingerprint density at radius 3 is 2.24 bits per heavy atom. The van der Waals surface area contributed by atoms with Gasteiger partial charge in [-0.25, -0.2) is 4.98 Å². The number of aromatic nitrogens is 4. The van der Waals surface area contributed by atoms with E-state index >= 15 is 0 Å². The maximum absolute atomic E-state index is 13.0. The molecule has 0 saturated carbocycles. The monoisotopic (exact) mass is 681 g/mol. The van der Waals surface area contributed by atoms with E-state index in [4.69, 9.17) is 23.7 Å². The number of imidazole rings is 1. The number of amides is 1. The molecule has 4 atom stereocenters. The molecule has 2 fully saturated rings. The van der Waals surface area contributed by atoms with E-state index in [0.29, 0.717) is 24.5 Å². The summed E-state index contributed by atoms with van der Waals surface area (Å²) in [6.45, 7) is 3.73. The predicted octanol–water partition coefficient (Wildman–Crippen LogP) is 4.16. The van der Waals surface area contributed by atoms with Crippen molar-refractivity contribution < 1.29 is 33.6 Å². The highest BCUT2D eigenvalue weighted by Gasteiger charge is 2.60. The third-order valence-corrected chi connectivity index (χ3v) is 9.50. The fraction of sp³-hybridized carbons (Fsp3) is 0.351. The number of fused-ring (bicyclic) bond motifs is 3. The molecule has 1 amide bonds. The molecule has 2 aromatic heterocycles. The van der Waals surface area contributed by atoms with Crippen LogP contribution >= 0.6 is 0 Å². The van der Waals surface area contributed by atoms with Crippen LogP contribution in [0, 0.1) is 5.92 Å².